The van der Waals surface area contributed by atoms with Crippen LogP contribution in [0.1, 0.15) is 24.2 Å². The van der Waals surface area contributed by atoms with Crippen molar-refractivity contribution in [1.29, 1.82) is 0 Å². The first-order valence-corrected chi connectivity index (χ1v) is 7.65. The fraction of sp³-hybridized carbons (Fsp3) is 0.222. The van der Waals surface area contributed by atoms with Gasteiger partial charge in [0.1, 0.15) is 17.2 Å². The number of halogens is 2. The summed E-state index contributed by atoms with van der Waals surface area (Å²) in [7, 11) is 0. The van der Waals surface area contributed by atoms with Crippen molar-refractivity contribution in [3.8, 4) is 0 Å². The summed E-state index contributed by atoms with van der Waals surface area (Å²) in [5.41, 5.74) is -1.29. The van der Waals surface area contributed by atoms with E-state index in [2.05, 4.69) is 5.32 Å². The van der Waals surface area contributed by atoms with Gasteiger partial charge < -0.3 is 10.4 Å². The molecule has 1 aliphatic heterocycles. The van der Waals surface area contributed by atoms with Crippen LogP contribution in [0.25, 0.3) is 0 Å². The molecule has 3 rings (SSSR count). The topological polar surface area (TPSA) is 69.6 Å². The van der Waals surface area contributed by atoms with Gasteiger partial charge in [0.05, 0.1) is 12.6 Å². The highest BCUT2D eigenvalue weighted by atomic mass is 19.1. The molecule has 1 fully saturated rings. The number of aliphatic hydroxyl groups excluding tert-OH is 1. The van der Waals surface area contributed by atoms with Crippen LogP contribution in [0.15, 0.2) is 48.5 Å². The van der Waals surface area contributed by atoms with Crippen LogP contribution in [0.4, 0.5) is 13.6 Å². The minimum Gasteiger partial charge on any atom is -0.387 e. The lowest BCUT2D eigenvalue weighted by molar-refractivity contribution is -0.132. The fourth-order valence-corrected chi connectivity index (χ4v) is 2.90. The molecule has 2 atom stereocenters. The number of imide groups is 1. The SMILES string of the molecule is C[C@@]1(c2ccccc2F)NC(=O)N(C[C@@H](O)c2cccc(F)c2)C1=O. The van der Waals surface area contributed by atoms with Crippen LogP contribution in [0.2, 0.25) is 0 Å². The zero-order valence-corrected chi connectivity index (χ0v) is 13.4. The zero-order chi connectivity index (χ0) is 18.2. The molecule has 0 aliphatic carbocycles. The molecule has 3 amide bonds. The number of hydrogen-bond donors (Lipinski definition) is 2. The van der Waals surface area contributed by atoms with E-state index in [0.29, 0.717) is 0 Å². The lowest BCUT2D eigenvalue weighted by Gasteiger charge is -2.23. The van der Waals surface area contributed by atoms with Gasteiger partial charge in [0, 0.05) is 5.56 Å². The van der Waals surface area contributed by atoms with Gasteiger partial charge in [-0.25, -0.2) is 13.6 Å². The summed E-state index contributed by atoms with van der Waals surface area (Å²) in [5, 5.41) is 12.7. The molecule has 0 saturated carbocycles. The van der Waals surface area contributed by atoms with E-state index in [1.54, 1.807) is 6.07 Å². The normalized spacial score (nSPS) is 21.4. The molecule has 1 aliphatic rings. The molecule has 5 nitrogen and oxygen atoms in total. The standard InChI is InChI=1S/C18H16F2N2O3/c1-18(13-7-2-3-8-14(13)20)16(24)22(17(25)21-18)10-15(23)11-5-4-6-12(19)9-11/h2-9,15,23H,10H2,1H3,(H,21,25)/t15-,18+/m1/s1. The highest BCUT2D eigenvalue weighted by Crippen LogP contribution is 2.31. The quantitative estimate of drug-likeness (QED) is 0.836. The summed E-state index contributed by atoms with van der Waals surface area (Å²) in [4.78, 5) is 25.7. The minimum atomic E-state index is -1.57. The van der Waals surface area contributed by atoms with E-state index in [-0.39, 0.29) is 17.7 Å². The highest BCUT2D eigenvalue weighted by molar-refractivity contribution is 6.07. The first-order chi connectivity index (χ1) is 11.8. The summed E-state index contributed by atoms with van der Waals surface area (Å²) in [6.07, 6.45) is -1.26. The first-order valence-electron chi connectivity index (χ1n) is 7.65. The van der Waals surface area contributed by atoms with Crippen molar-refractivity contribution in [2.24, 2.45) is 0 Å². The van der Waals surface area contributed by atoms with Crippen molar-refractivity contribution < 1.29 is 23.5 Å². The molecule has 0 radical (unpaired) electrons. The first kappa shape index (κ1) is 17.0. The number of amides is 3. The van der Waals surface area contributed by atoms with Gasteiger partial charge in [-0.1, -0.05) is 30.3 Å². The third-order valence-corrected chi connectivity index (χ3v) is 4.28. The van der Waals surface area contributed by atoms with Crippen LogP contribution >= 0.6 is 0 Å². The number of carbonyl (C=O) groups excluding carboxylic acids is 2. The van der Waals surface area contributed by atoms with E-state index in [0.717, 1.165) is 11.0 Å². The van der Waals surface area contributed by atoms with Crippen LogP contribution in [-0.2, 0) is 10.3 Å². The molecule has 0 spiro atoms. The number of β-amino-alcohol motifs (C(OH)–C–C–N with tert-alkyl or cyclic N) is 1. The summed E-state index contributed by atoms with van der Waals surface area (Å²) in [5.74, 6) is -1.84. The van der Waals surface area contributed by atoms with E-state index in [1.807, 2.05) is 0 Å². The van der Waals surface area contributed by atoms with Gasteiger partial charge >= 0.3 is 6.03 Å². The summed E-state index contributed by atoms with van der Waals surface area (Å²) >= 11 is 0. The minimum absolute atomic E-state index is 0.0381. The van der Waals surface area contributed by atoms with Gasteiger partial charge in [0.2, 0.25) is 0 Å². The predicted molar refractivity (Wildman–Crippen MR) is 85.4 cm³/mol. The second-order valence-electron chi connectivity index (χ2n) is 6.02. The van der Waals surface area contributed by atoms with Crippen LogP contribution in [0.5, 0.6) is 0 Å². The maximum atomic E-state index is 14.1. The molecule has 25 heavy (non-hydrogen) atoms. The largest absolute Gasteiger partial charge is 0.387 e. The Bertz CT molecular complexity index is 843. The number of rotatable bonds is 4. The molecule has 130 valence electrons. The maximum absolute atomic E-state index is 14.1. The van der Waals surface area contributed by atoms with Crippen molar-refractivity contribution in [1.82, 2.24) is 10.2 Å². The van der Waals surface area contributed by atoms with E-state index < -0.39 is 35.2 Å². The Kier molecular flexibility index (Phi) is 4.26. The second-order valence-corrected chi connectivity index (χ2v) is 6.02. The van der Waals surface area contributed by atoms with Gasteiger partial charge in [-0.3, -0.25) is 9.69 Å². The number of hydrogen-bond acceptors (Lipinski definition) is 3. The van der Waals surface area contributed by atoms with E-state index in [9.17, 15) is 23.5 Å². The van der Waals surface area contributed by atoms with Crippen molar-refractivity contribution in [3.63, 3.8) is 0 Å². The number of urea groups is 1. The maximum Gasteiger partial charge on any atom is 0.325 e. The average Bonchev–Trinajstić information content (AvgIpc) is 2.79. The summed E-state index contributed by atoms with van der Waals surface area (Å²) in [6.45, 7) is 1.04. The highest BCUT2D eigenvalue weighted by Gasteiger charge is 2.50. The van der Waals surface area contributed by atoms with Crippen molar-refractivity contribution in [2.75, 3.05) is 6.54 Å². The number of aliphatic hydroxyl groups is 1. The van der Waals surface area contributed by atoms with Crippen LogP contribution < -0.4 is 5.32 Å². The molecule has 2 aromatic carbocycles. The smallest absolute Gasteiger partial charge is 0.325 e. The van der Waals surface area contributed by atoms with Gasteiger partial charge in [-0.15, -0.1) is 0 Å². The molecule has 0 bridgehead atoms. The van der Waals surface area contributed by atoms with Gasteiger partial charge in [0.15, 0.2) is 0 Å². The zero-order valence-electron chi connectivity index (χ0n) is 13.4. The predicted octanol–water partition coefficient (Wildman–Crippen LogP) is 2.47. The molecule has 1 saturated heterocycles. The number of nitrogens with one attached hydrogen (secondary N) is 1. The fourth-order valence-electron chi connectivity index (χ4n) is 2.90. The molecular formula is C18H16F2N2O3. The number of carbonyl (C=O) groups is 2. The van der Waals surface area contributed by atoms with Crippen LogP contribution in [0, 0.1) is 11.6 Å². The third-order valence-electron chi connectivity index (χ3n) is 4.28. The monoisotopic (exact) mass is 346 g/mol. The lowest BCUT2D eigenvalue weighted by atomic mass is 9.91. The molecule has 0 unspecified atom stereocenters. The Hall–Kier alpha value is -2.80. The Morgan fingerprint density at radius 1 is 1.16 bits per heavy atom. The van der Waals surface area contributed by atoms with E-state index in [4.69, 9.17) is 0 Å². The lowest BCUT2D eigenvalue weighted by Crippen LogP contribution is -2.42. The molecule has 7 heteroatoms. The Morgan fingerprint density at radius 2 is 1.88 bits per heavy atom. The van der Waals surface area contributed by atoms with Crippen molar-refractivity contribution in [2.45, 2.75) is 18.6 Å². The summed E-state index contributed by atoms with van der Waals surface area (Å²) < 4.78 is 27.3. The van der Waals surface area contributed by atoms with Gasteiger partial charge in [0.25, 0.3) is 5.91 Å². The second kappa shape index (κ2) is 6.25. The summed E-state index contributed by atoms with van der Waals surface area (Å²) in [6, 6.07) is 10.2. The molecule has 2 N–H and O–H groups in total. The van der Waals surface area contributed by atoms with E-state index in [1.165, 1.54) is 43.3 Å². The number of benzene rings is 2. The molecule has 2 aromatic rings. The molecule has 0 aromatic heterocycles. The average molecular weight is 346 g/mol. The Labute approximate surface area is 142 Å². The Morgan fingerprint density at radius 3 is 2.56 bits per heavy atom. The van der Waals surface area contributed by atoms with Crippen LogP contribution in [0.3, 0.4) is 0 Å². The number of nitrogens with zero attached hydrogens (tertiary/aromatic N) is 1. The molecular weight excluding hydrogens is 330 g/mol. The van der Waals surface area contributed by atoms with E-state index >= 15 is 0 Å². The third kappa shape index (κ3) is 2.98. The van der Waals surface area contributed by atoms with Crippen LogP contribution in [-0.4, -0.2) is 28.5 Å². The van der Waals surface area contributed by atoms with Crippen molar-refractivity contribution >= 4 is 11.9 Å². The van der Waals surface area contributed by atoms with Gasteiger partial charge in [-0.2, -0.15) is 0 Å². The molecule has 1 heterocycles. The van der Waals surface area contributed by atoms with Crippen molar-refractivity contribution in [3.05, 3.63) is 71.3 Å². The Balaban J connectivity index is 1.86. The van der Waals surface area contributed by atoms with Gasteiger partial charge in [-0.05, 0) is 30.7 Å².